The molecule has 0 saturated carbocycles. The smallest absolute Gasteiger partial charge is 0.226 e. The van der Waals surface area contributed by atoms with E-state index in [4.69, 9.17) is 0 Å². The molecule has 0 unspecified atom stereocenters. The van der Waals surface area contributed by atoms with Crippen LogP contribution in [-0.2, 0) is 15.0 Å². The van der Waals surface area contributed by atoms with Gasteiger partial charge in [0, 0.05) is 25.6 Å². The number of halogens is 3. The van der Waals surface area contributed by atoms with Crippen molar-refractivity contribution in [3.05, 3.63) is 59.4 Å². The summed E-state index contributed by atoms with van der Waals surface area (Å²) in [7, 11) is 0. The zero-order valence-corrected chi connectivity index (χ0v) is 16.3. The Kier molecular flexibility index (Phi) is 6.48. The highest BCUT2D eigenvalue weighted by atomic mass is 19.2. The average molecular weight is 392 g/mol. The first-order valence-corrected chi connectivity index (χ1v) is 8.82. The van der Waals surface area contributed by atoms with Gasteiger partial charge >= 0.3 is 0 Å². The Balaban J connectivity index is 2.05. The van der Waals surface area contributed by atoms with Gasteiger partial charge in [0.1, 0.15) is 0 Å². The van der Waals surface area contributed by atoms with Crippen molar-refractivity contribution in [2.75, 3.05) is 16.8 Å². The fourth-order valence-corrected chi connectivity index (χ4v) is 2.66. The van der Waals surface area contributed by atoms with E-state index in [9.17, 15) is 22.8 Å². The molecule has 150 valence electrons. The predicted molar refractivity (Wildman–Crippen MR) is 103 cm³/mol. The summed E-state index contributed by atoms with van der Waals surface area (Å²) in [6.07, 6.45) is -0.140. The maximum absolute atomic E-state index is 14.0. The lowest BCUT2D eigenvalue weighted by Crippen LogP contribution is -2.33. The first kappa shape index (κ1) is 21.5. The molecule has 2 rings (SSSR count). The van der Waals surface area contributed by atoms with Gasteiger partial charge in [0.2, 0.25) is 11.8 Å². The molecule has 2 amide bonds. The maximum Gasteiger partial charge on any atom is 0.226 e. The van der Waals surface area contributed by atoms with E-state index in [1.54, 1.807) is 12.1 Å². The van der Waals surface area contributed by atoms with E-state index >= 15 is 0 Å². The van der Waals surface area contributed by atoms with E-state index < -0.39 is 35.0 Å². The maximum atomic E-state index is 14.0. The van der Waals surface area contributed by atoms with Crippen LogP contribution in [0.1, 0.15) is 39.7 Å². The van der Waals surface area contributed by atoms with Crippen LogP contribution in [0.15, 0.2) is 36.4 Å². The molecule has 0 aromatic heterocycles. The van der Waals surface area contributed by atoms with E-state index in [0.717, 1.165) is 29.5 Å². The van der Waals surface area contributed by atoms with Crippen LogP contribution < -0.4 is 10.2 Å². The van der Waals surface area contributed by atoms with Crippen molar-refractivity contribution in [3.8, 4) is 0 Å². The third-order valence-electron chi connectivity index (χ3n) is 4.28. The third-order valence-corrected chi connectivity index (χ3v) is 4.28. The summed E-state index contributed by atoms with van der Waals surface area (Å²) in [5, 5.41) is 2.70. The predicted octanol–water partition coefficient (Wildman–Crippen LogP) is 4.78. The molecule has 0 heterocycles. The standard InChI is InChI=1S/C21H23F3N2O2/c1-13(27)26(17-10-9-16(22)19(23)20(17)24)12-11-18(28)25-15-7-5-14(6-8-15)21(2,3)4/h5-10H,11-12H2,1-4H3,(H,25,28). The van der Waals surface area contributed by atoms with E-state index in [1.807, 2.05) is 12.1 Å². The second-order valence-corrected chi connectivity index (χ2v) is 7.49. The Hall–Kier alpha value is -2.83. The minimum absolute atomic E-state index is 0.0148. The first-order valence-electron chi connectivity index (χ1n) is 8.82. The van der Waals surface area contributed by atoms with Gasteiger partial charge in [0.05, 0.1) is 5.69 Å². The summed E-state index contributed by atoms with van der Waals surface area (Å²) in [6, 6.07) is 9.08. The van der Waals surface area contributed by atoms with Crippen LogP contribution in [0.3, 0.4) is 0 Å². The number of hydrogen-bond acceptors (Lipinski definition) is 2. The number of benzene rings is 2. The number of nitrogens with one attached hydrogen (secondary N) is 1. The van der Waals surface area contributed by atoms with Gasteiger partial charge in [-0.1, -0.05) is 32.9 Å². The lowest BCUT2D eigenvalue weighted by atomic mass is 9.87. The molecule has 2 aromatic carbocycles. The molecule has 0 aliphatic rings. The molecule has 0 atom stereocenters. The Morgan fingerprint density at radius 3 is 2.11 bits per heavy atom. The van der Waals surface area contributed by atoms with Crippen molar-refractivity contribution in [1.82, 2.24) is 0 Å². The molecular formula is C21H23F3N2O2. The number of hydrogen-bond donors (Lipinski definition) is 1. The fourth-order valence-electron chi connectivity index (χ4n) is 2.66. The lowest BCUT2D eigenvalue weighted by Gasteiger charge is -2.22. The molecule has 0 aliphatic carbocycles. The van der Waals surface area contributed by atoms with Gasteiger partial charge in [-0.2, -0.15) is 0 Å². The van der Waals surface area contributed by atoms with Gasteiger partial charge in [0.15, 0.2) is 17.5 Å². The molecule has 0 bridgehead atoms. The van der Waals surface area contributed by atoms with Crippen LogP contribution in [0.5, 0.6) is 0 Å². The molecule has 0 spiro atoms. The molecule has 0 fully saturated rings. The lowest BCUT2D eigenvalue weighted by molar-refractivity contribution is -0.117. The van der Waals surface area contributed by atoms with E-state index in [2.05, 4.69) is 26.1 Å². The van der Waals surface area contributed by atoms with Crippen LogP contribution in [0.25, 0.3) is 0 Å². The van der Waals surface area contributed by atoms with Gasteiger partial charge < -0.3 is 10.2 Å². The number of rotatable bonds is 5. The van der Waals surface area contributed by atoms with Crippen molar-refractivity contribution in [1.29, 1.82) is 0 Å². The summed E-state index contributed by atoms with van der Waals surface area (Å²) in [4.78, 5) is 24.9. The Labute approximate surface area is 162 Å². The third kappa shape index (κ3) is 5.12. The number of anilines is 2. The normalized spacial score (nSPS) is 11.2. The zero-order chi connectivity index (χ0) is 21.1. The van der Waals surface area contributed by atoms with Gasteiger partial charge in [0.25, 0.3) is 0 Å². The second-order valence-electron chi connectivity index (χ2n) is 7.49. The topological polar surface area (TPSA) is 49.4 Å². The minimum atomic E-state index is -1.66. The Morgan fingerprint density at radius 2 is 1.57 bits per heavy atom. The van der Waals surface area contributed by atoms with Crippen LogP contribution >= 0.6 is 0 Å². The van der Waals surface area contributed by atoms with Crippen molar-refractivity contribution in [3.63, 3.8) is 0 Å². The monoisotopic (exact) mass is 392 g/mol. The van der Waals surface area contributed by atoms with Crippen molar-refractivity contribution < 1.29 is 22.8 Å². The number of carbonyl (C=O) groups is 2. The van der Waals surface area contributed by atoms with Crippen LogP contribution in [0, 0.1) is 17.5 Å². The second kappa shape index (κ2) is 8.46. The molecule has 28 heavy (non-hydrogen) atoms. The number of nitrogens with zero attached hydrogens (tertiary/aromatic N) is 1. The molecule has 0 aliphatic heterocycles. The van der Waals surface area contributed by atoms with E-state index in [0.29, 0.717) is 5.69 Å². The summed E-state index contributed by atoms with van der Waals surface area (Å²) >= 11 is 0. The SMILES string of the molecule is CC(=O)N(CCC(=O)Nc1ccc(C(C)(C)C)cc1)c1ccc(F)c(F)c1F. The summed E-state index contributed by atoms with van der Waals surface area (Å²) in [5.74, 6) is -5.45. The average Bonchev–Trinajstić information content (AvgIpc) is 2.61. The highest BCUT2D eigenvalue weighted by Gasteiger charge is 2.21. The molecular weight excluding hydrogens is 369 g/mol. The molecule has 7 heteroatoms. The highest BCUT2D eigenvalue weighted by Crippen LogP contribution is 2.25. The van der Waals surface area contributed by atoms with E-state index in [1.165, 1.54) is 0 Å². The molecule has 2 aromatic rings. The molecule has 0 saturated heterocycles. The summed E-state index contributed by atoms with van der Waals surface area (Å²) in [6.45, 7) is 7.21. The largest absolute Gasteiger partial charge is 0.326 e. The Morgan fingerprint density at radius 1 is 0.964 bits per heavy atom. The quantitative estimate of drug-likeness (QED) is 0.745. The minimum Gasteiger partial charge on any atom is -0.326 e. The number of carbonyl (C=O) groups excluding carboxylic acids is 2. The molecule has 0 radical (unpaired) electrons. The van der Waals surface area contributed by atoms with Gasteiger partial charge in [-0.05, 0) is 35.2 Å². The van der Waals surface area contributed by atoms with Gasteiger partial charge in [-0.3, -0.25) is 9.59 Å². The van der Waals surface area contributed by atoms with Crippen LogP contribution in [0.4, 0.5) is 24.5 Å². The van der Waals surface area contributed by atoms with E-state index in [-0.39, 0.29) is 18.4 Å². The van der Waals surface area contributed by atoms with Crippen LogP contribution in [0.2, 0.25) is 0 Å². The van der Waals surface area contributed by atoms with Gasteiger partial charge in [-0.15, -0.1) is 0 Å². The molecule has 4 nitrogen and oxygen atoms in total. The molecule has 1 N–H and O–H groups in total. The summed E-state index contributed by atoms with van der Waals surface area (Å²) < 4.78 is 40.5. The first-order chi connectivity index (χ1) is 13.0. The summed E-state index contributed by atoms with van der Waals surface area (Å²) in [5.41, 5.74) is 1.28. The van der Waals surface area contributed by atoms with Crippen LogP contribution in [-0.4, -0.2) is 18.4 Å². The van der Waals surface area contributed by atoms with Crippen molar-refractivity contribution >= 4 is 23.2 Å². The van der Waals surface area contributed by atoms with Gasteiger partial charge in [-0.25, -0.2) is 13.2 Å². The fraction of sp³-hybridized carbons (Fsp3) is 0.333. The van der Waals surface area contributed by atoms with Crippen molar-refractivity contribution in [2.24, 2.45) is 0 Å². The number of amides is 2. The van der Waals surface area contributed by atoms with Crippen molar-refractivity contribution in [2.45, 2.75) is 39.5 Å². The Bertz CT molecular complexity index is 874. The highest BCUT2D eigenvalue weighted by molar-refractivity contribution is 5.94. The zero-order valence-electron chi connectivity index (χ0n) is 16.3.